The van der Waals surface area contributed by atoms with E-state index in [4.69, 9.17) is 5.11 Å². The molecule has 0 bridgehead atoms. The number of carboxylic acids is 1. The molecule has 2 heterocycles. The molecule has 0 spiro atoms. The van der Waals surface area contributed by atoms with Crippen LogP contribution in [0.3, 0.4) is 0 Å². The Kier molecular flexibility index (Phi) is 2.28. The van der Waals surface area contributed by atoms with E-state index in [1.165, 1.54) is 0 Å². The van der Waals surface area contributed by atoms with Crippen molar-refractivity contribution in [2.45, 2.75) is 6.42 Å². The highest BCUT2D eigenvalue weighted by Gasteiger charge is 2.15. The molecule has 14 heavy (non-hydrogen) atoms. The lowest BCUT2D eigenvalue weighted by atomic mass is 10.2. The summed E-state index contributed by atoms with van der Waals surface area (Å²) in [4.78, 5) is 11.8. The van der Waals surface area contributed by atoms with Gasteiger partial charge in [0.1, 0.15) is 5.69 Å². The van der Waals surface area contributed by atoms with E-state index in [1.807, 2.05) is 17.5 Å². The first-order chi connectivity index (χ1) is 6.77. The Labute approximate surface area is 83.4 Å². The zero-order valence-electron chi connectivity index (χ0n) is 7.10. The number of rotatable bonds is 3. The lowest BCUT2D eigenvalue weighted by molar-refractivity contribution is 0.0689. The molecule has 5 nitrogen and oxygen atoms in total. The third-order valence-electron chi connectivity index (χ3n) is 1.74. The molecule has 2 N–H and O–H groups in total. The van der Waals surface area contributed by atoms with E-state index in [1.54, 1.807) is 11.3 Å². The Morgan fingerprint density at radius 3 is 3.07 bits per heavy atom. The van der Waals surface area contributed by atoms with Crippen molar-refractivity contribution in [3.05, 3.63) is 33.8 Å². The Balaban J connectivity index is 2.25. The standard InChI is InChI=1S/C8H7N3O2S/c12-8(13)7-6(9-11-10-7)4-5-2-1-3-14-5/h1-3H,4H2,(H,12,13)(H,9,10,11). The lowest BCUT2D eigenvalue weighted by Crippen LogP contribution is -2.01. The summed E-state index contributed by atoms with van der Waals surface area (Å²) in [5.74, 6) is -1.05. The van der Waals surface area contributed by atoms with Crippen molar-refractivity contribution in [2.24, 2.45) is 0 Å². The van der Waals surface area contributed by atoms with Gasteiger partial charge in [0.2, 0.25) is 0 Å². The molecule has 0 amide bonds. The number of aromatic nitrogens is 3. The fraction of sp³-hybridized carbons (Fsp3) is 0.125. The smallest absolute Gasteiger partial charge is 0.358 e. The highest BCUT2D eigenvalue weighted by molar-refractivity contribution is 7.09. The molecule has 0 aliphatic carbocycles. The van der Waals surface area contributed by atoms with Gasteiger partial charge in [-0.25, -0.2) is 4.79 Å². The van der Waals surface area contributed by atoms with Gasteiger partial charge in [0.05, 0.1) is 0 Å². The predicted octanol–water partition coefficient (Wildman–Crippen LogP) is 1.16. The number of carbonyl (C=O) groups is 1. The molecule has 0 aliphatic heterocycles. The van der Waals surface area contributed by atoms with Crippen molar-refractivity contribution < 1.29 is 9.90 Å². The van der Waals surface area contributed by atoms with E-state index in [-0.39, 0.29) is 5.69 Å². The largest absolute Gasteiger partial charge is 0.476 e. The van der Waals surface area contributed by atoms with Gasteiger partial charge in [0.25, 0.3) is 0 Å². The molecule has 72 valence electrons. The van der Waals surface area contributed by atoms with Gasteiger partial charge in [-0.15, -0.1) is 16.4 Å². The summed E-state index contributed by atoms with van der Waals surface area (Å²) < 4.78 is 0. The third kappa shape index (κ3) is 1.64. The molecule has 0 unspecified atom stereocenters. The second-order valence-electron chi connectivity index (χ2n) is 2.68. The van der Waals surface area contributed by atoms with Crippen LogP contribution in [0.1, 0.15) is 21.1 Å². The molecular weight excluding hydrogens is 202 g/mol. The molecule has 0 atom stereocenters. The van der Waals surface area contributed by atoms with Crippen LogP contribution in [0.2, 0.25) is 0 Å². The average Bonchev–Trinajstić information content (AvgIpc) is 2.75. The number of nitrogens with zero attached hydrogens (tertiary/aromatic N) is 2. The number of aromatic amines is 1. The number of thiophene rings is 1. The number of aromatic carboxylic acids is 1. The van der Waals surface area contributed by atoms with Crippen LogP contribution in [0, 0.1) is 0 Å². The third-order valence-corrected chi connectivity index (χ3v) is 2.62. The average molecular weight is 209 g/mol. The maximum atomic E-state index is 10.7. The molecule has 0 saturated heterocycles. The Hall–Kier alpha value is -1.69. The Bertz CT molecular complexity index is 435. The second kappa shape index (κ2) is 3.59. The quantitative estimate of drug-likeness (QED) is 0.794. The van der Waals surface area contributed by atoms with Gasteiger partial charge in [-0.3, -0.25) is 0 Å². The maximum absolute atomic E-state index is 10.7. The van der Waals surface area contributed by atoms with Crippen LogP contribution in [0.25, 0.3) is 0 Å². The van der Waals surface area contributed by atoms with E-state index in [2.05, 4.69) is 15.4 Å². The van der Waals surface area contributed by atoms with Crippen LogP contribution < -0.4 is 0 Å². The van der Waals surface area contributed by atoms with Crippen LogP contribution in [0.15, 0.2) is 17.5 Å². The summed E-state index contributed by atoms with van der Waals surface area (Å²) in [6.07, 6.45) is 0.510. The molecule has 2 aromatic heterocycles. The Morgan fingerprint density at radius 1 is 1.57 bits per heavy atom. The van der Waals surface area contributed by atoms with E-state index in [9.17, 15) is 4.79 Å². The first-order valence-electron chi connectivity index (χ1n) is 3.92. The zero-order valence-corrected chi connectivity index (χ0v) is 7.91. The number of carboxylic acid groups (broad SMARTS) is 1. The van der Waals surface area contributed by atoms with Crippen molar-refractivity contribution >= 4 is 17.3 Å². The first kappa shape index (κ1) is 8.89. The highest BCUT2D eigenvalue weighted by Crippen LogP contribution is 2.14. The molecular formula is C8H7N3O2S. The molecule has 0 saturated carbocycles. The minimum absolute atomic E-state index is 0.00148. The highest BCUT2D eigenvalue weighted by atomic mass is 32.1. The van der Waals surface area contributed by atoms with E-state index in [0.717, 1.165) is 4.88 Å². The topological polar surface area (TPSA) is 78.9 Å². The lowest BCUT2D eigenvalue weighted by Gasteiger charge is -1.92. The van der Waals surface area contributed by atoms with Gasteiger partial charge in [0, 0.05) is 11.3 Å². The van der Waals surface area contributed by atoms with Crippen LogP contribution in [0.4, 0.5) is 0 Å². The minimum Gasteiger partial charge on any atom is -0.476 e. The number of nitrogens with one attached hydrogen (secondary N) is 1. The summed E-state index contributed by atoms with van der Waals surface area (Å²) in [5, 5.41) is 20.4. The van der Waals surface area contributed by atoms with Gasteiger partial charge >= 0.3 is 5.97 Å². The normalized spacial score (nSPS) is 10.3. The van der Waals surface area contributed by atoms with Gasteiger partial charge in [-0.05, 0) is 11.4 Å². The Morgan fingerprint density at radius 2 is 2.43 bits per heavy atom. The van der Waals surface area contributed by atoms with Crippen molar-refractivity contribution in [2.75, 3.05) is 0 Å². The summed E-state index contributed by atoms with van der Waals surface area (Å²) >= 11 is 1.57. The monoisotopic (exact) mass is 209 g/mol. The summed E-state index contributed by atoms with van der Waals surface area (Å²) in [6.45, 7) is 0. The second-order valence-corrected chi connectivity index (χ2v) is 3.71. The molecule has 6 heteroatoms. The zero-order chi connectivity index (χ0) is 9.97. The molecule has 2 rings (SSSR count). The SMILES string of the molecule is O=C(O)c1n[nH]nc1Cc1cccs1. The van der Waals surface area contributed by atoms with Gasteiger partial charge < -0.3 is 5.11 Å². The maximum Gasteiger partial charge on any atom is 0.358 e. The number of H-pyrrole nitrogens is 1. The van der Waals surface area contributed by atoms with Gasteiger partial charge in [-0.2, -0.15) is 10.3 Å². The molecule has 0 fully saturated rings. The summed E-state index contributed by atoms with van der Waals surface area (Å²) in [6, 6.07) is 3.85. The van der Waals surface area contributed by atoms with Crippen molar-refractivity contribution in [1.29, 1.82) is 0 Å². The number of hydrogen-bond acceptors (Lipinski definition) is 4. The van der Waals surface area contributed by atoms with Crippen molar-refractivity contribution in [3.8, 4) is 0 Å². The van der Waals surface area contributed by atoms with Crippen molar-refractivity contribution in [3.63, 3.8) is 0 Å². The van der Waals surface area contributed by atoms with Crippen LogP contribution in [-0.4, -0.2) is 26.5 Å². The van der Waals surface area contributed by atoms with Crippen molar-refractivity contribution in [1.82, 2.24) is 15.4 Å². The van der Waals surface area contributed by atoms with E-state index >= 15 is 0 Å². The molecule has 2 aromatic rings. The summed E-state index contributed by atoms with van der Waals surface area (Å²) in [5.41, 5.74) is 0.471. The van der Waals surface area contributed by atoms with E-state index in [0.29, 0.717) is 12.1 Å². The fourth-order valence-electron chi connectivity index (χ4n) is 1.13. The molecule has 0 aromatic carbocycles. The predicted molar refractivity (Wildman–Crippen MR) is 50.5 cm³/mol. The fourth-order valence-corrected chi connectivity index (χ4v) is 1.83. The molecule has 0 radical (unpaired) electrons. The van der Waals surface area contributed by atoms with Gasteiger partial charge in [0.15, 0.2) is 5.69 Å². The molecule has 0 aliphatic rings. The first-order valence-corrected chi connectivity index (χ1v) is 4.80. The van der Waals surface area contributed by atoms with Crippen LogP contribution in [-0.2, 0) is 6.42 Å². The number of hydrogen-bond donors (Lipinski definition) is 2. The van der Waals surface area contributed by atoms with Crippen LogP contribution in [0.5, 0.6) is 0 Å². The summed E-state index contributed by atoms with van der Waals surface area (Å²) in [7, 11) is 0. The minimum atomic E-state index is -1.05. The van der Waals surface area contributed by atoms with Gasteiger partial charge in [-0.1, -0.05) is 6.07 Å². The van der Waals surface area contributed by atoms with Crippen LogP contribution >= 0.6 is 11.3 Å². The van der Waals surface area contributed by atoms with E-state index < -0.39 is 5.97 Å².